The molecule has 0 atom stereocenters. The second kappa shape index (κ2) is 10.7. The van der Waals surface area contributed by atoms with Crippen molar-refractivity contribution in [3.8, 4) is 11.5 Å². The molecule has 0 radical (unpaired) electrons. The summed E-state index contributed by atoms with van der Waals surface area (Å²) in [6.45, 7) is 4.37. The molecule has 4 rings (SSSR count). The summed E-state index contributed by atoms with van der Waals surface area (Å²) in [5, 5.41) is 3.46. The zero-order valence-corrected chi connectivity index (χ0v) is 19.5. The molecule has 1 aliphatic heterocycles. The van der Waals surface area contributed by atoms with Gasteiger partial charge in [-0.15, -0.1) is 0 Å². The van der Waals surface area contributed by atoms with Crippen molar-refractivity contribution in [2.75, 3.05) is 43.6 Å². The average Bonchev–Trinajstić information content (AvgIpc) is 2.83. The smallest absolute Gasteiger partial charge is 0.175 e. The first-order valence-corrected chi connectivity index (χ1v) is 11.3. The van der Waals surface area contributed by atoms with Gasteiger partial charge in [-0.25, -0.2) is 4.39 Å². The maximum Gasteiger partial charge on any atom is 0.175 e. The van der Waals surface area contributed by atoms with Crippen LogP contribution < -0.4 is 19.7 Å². The van der Waals surface area contributed by atoms with Crippen LogP contribution in [0.5, 0.6) is 11.5 Å². The molecule has 1 saturated heterocycles. The number of hydrogen-bond acceptors (Lipinski definition) is 5. The molecule has 168 valence electrons. The minimum absolute atomic E-state index is 0.264. The minimum Gasteiger partial charge on any atom is -0.493 e. The molecule has 0 aliphatic carbocycles. The van der Waals surface area contributed by atoms with E-state index in [1.54, 1.807) is 19.2 Å². The van der Waals surface area contributed by atoms with Crippen molar-refractivity contribution in [2.45, 2.75) is 13.2 Å². The molecule has 0 unspecified atom stereocenters. The lowest BCUT2D eigenvalue weighted by atomic mass is 10.2. The van der Waals surface area contributed by atoms with Gasteiger partial charge in [0.25, 0.3) is 0 Å². The van der Waals surface area contributed by atoms with Crippen molar-refractivity contribution >= 4 is 27.3 Å². The standard InChI is InChI=1S/C25H26BrFN2O3/c1-30-24-15-19(14-23(26)25(24)32-17-18-2-4-20(27)5-3-18)16-28-21-6-8-22(9-7-21)29-10-12-31-13-11-29/h2-9,14-15,28H,10-13,16-17H2,1H3. The number of rotatable bonds is 8. The molecule has 0 bridgehead atoms. The van der Waals surface area contributed by atoms with Crippen LogP contribution in [0.3, 0.4) is 0 Å². The quantitative estimate of drug-likeness (QED) is 0.434. The van der Waals surface area contributed by atoms with Crippen molar-refractivity contribution in [1.29, 1.82) is 0 Å². The van der Waals surface area contributed by atoms with Crippen LogP contribution in [0.4, 0.5) is 15.8 Å². The molecule has 3 aromatic rings. The van der Waals surface area contributed by atoms with Gasteiger partial charge < -0.3 is 24.4 Å². The largest absolute Gasteiger partial charge is 0.493 e. The number of hydrogen-bond donors (Lipinski definition) is 1. The molecule has 5 nitrogen and oxygen atoms in total. The molecule has 0 amide bonds. The first-order valence-electron chi connectivity index (χ1n) is 10.5. The Balaban J connectivity index is 1.38. The molecule has 7 heteroatoms. The van der Waals surface area contributed by atoms with Gasteiger partial charge in [0.2, 0.25) is 0 Å². The number of nitrogens with zero attached hydrogens (tertiary/aromatic N) is 1. The fourth-order valence-electron chi connectivity index (χ4n) is 3.57. The Morgan fingerprint density at radius 2 is 1.72 bits per heavy atom. The van der Waals surface area contributed by atoms with Gasteiger partial charge in [-0.3, -0.25) is 0 Å². The summed E-state index contributed by atoms with van der Waals surface area (Å²) in [5.74, 6) is 0.997. The highest BCUT2D eigenvalue weighted by atomic mass is 79.9. The zero-order chi connectivity index (χ0) is 22.3. The van der Waals surface area contributed by atoms with Crippen LogP contribution in [0.25, 0.3) is 0 Å². The van der Waals surface area contributed by atoms with Crippen molar-refractivity contribution in [3.05, 3.63) is 82.1 Å². The van der Waals surface area contributed by atoms with E-state index in [0.29, 0.717) is 24.7 Å². The summed E-state index contributed by atoms with van der Waals surface area (Å²) < 4.78 is 30.8. The lowest BCUT2D eigenvalue weighted by molar-refractivity contribution is 0.122. The van der Waals surface area contributed by atoms with Gasteiger partial charge in [-0.05, 0) is 75.6 Å². The Morgan fingerprint density at radius 3 is 2.41 bits per heavy atom. The van der Waals surface area contributed by atoms with Crippen molar-refractivity contribution in [1.82, 2.24) is 0 Å². The Bertz CT molecular complexity index is 1020. The van der Waals surface area contributed by atoms with Gasteiger partial charge in [0.15, 0.2) is 11.5 Å². The Kier molecular flexibility index (Phi) is 7.50. The van der Waals surface area contributed by atoms with Crippen LogP contribution in [0.2, 0.25) is 0 Å². The van der Waals surface area contributed by atoms with Gasteiger partial charge in [-0.2, -0.15) is 0 Å². The Morgan fingerprint density at radius 1 is 1.00 bits per heavy atom. The summed E-state index contributed by atoms with van der Waals surface area (Å²) in [5.41, 5.74) is 4.20. The summed E-state index contributed by atoms with van der Waals surface area (Å²) >= 11 is 3.60. The highest BCUT2D eigenvalue weighted by Gasteiger charge is 2.13. The van der Waals surface area contributed by atoms with Crippen LogP contribution in [-0.2, 0) is 17.9 Å². The van der Waals surface area contributed by atoms with E-state index in [0.717, 1.165) is 47.6 Å². The second-order valence-electron chi connectivity index (χ2n) is 7.52. The molecule has 1 heterocycles. The minimum atomic E-state index is -0.264. The third-order valence-corrected chi connectivity index (χ3v) is 5.91. The molecule has 3 aromatic carbocycles. The molecule has 1 N–H and O–H groups in total. The molecule has 1 fully saturated rings. The average molecular weight is 501 g/mol. The van der Waals surface area contributed by atoms with Crippen molar-refractivity contribution < 1.29 is 18.6 Å². The molecule has 32 heavy (non-hydrogen) atoms. The van der Waals surface area contributed by atoms with Crippen molar-refractivity contribution in [2.24, 2.45) is 0 Å². The van der Waals surface area contributed by atoms with Crippen LogP contribution >= 0.6 is 15.9 Å². The predicted molar refractivity (Wildman–Crippen MR) is 128 cm³/mol. The van der Waals surface area contributed by atoms with Gasteiger partial charge in [0.1, 0.15) is 12.4 Å². The predicted octanol–water partition coefficient (Wildman–Crippen LogP) is 5.62. The normalized spacial score (nSPS) is 13.7. The van der Waals surface area contributed by atoms with Crippen LogP contribution in [0.15, 0.2) is 65.1 Å². The number of methoxy groups -OCH3 is 1. The second-order valence-corrected chi connectivity index (χ2v) is 8.38. The van der Waals surface area contributed by atoms with Crippen molar-refractivity contribution in [3.63, 3.8) is 0 Å². The first-order chi connectivity index (χ1) is 15.6. The molecule has 0 saturated carbocycles. The van der Waals surface area contributed by atoms with E-state index in [-0.39, 0.29) is 5.82 Å². The van der Waals surface area contributed by atoms with E-state index in [9.17, 15) is 4.39 Å². The van der Waals surface area contributed by atoms with E-state index in [1.165, 1.54) is 17.8 Å². The van der Waals surface area contributed by atoms with Crippen LogP contribution in [-0.4, -0.2) is 33.4 Å². The maximum absolute atomic E-state index is 13.1. The molecule has 1 aliphatic rings. The molecular formula is C25H26BrFN2O3. The summed E-state index contributed by atoms with van der Waals surface area (Å²) in [6, 6.07) is 18.7. The molecular weight excluding hydrogens is 475 g/mol. The lowest BCUT2D eigenvalue weighted by Gasteiger charge is -2.29. The van der Waals surface area contributed by atoms with Gasteiger partial charge >= 0.3 is 0 Å². The van der Waals surface area contributed by atoms with E-state index in [1.807, 2.05) is 12.1 Å². The third kappa shape index (κ3) is 5.72. The van der Waals surface area contributed by atoms with E-state index in [2.05, 4.69) is 50.4 Å². The SMILES string of the molecule is COc1cc(CNc2ccc(N3CCOCC3)cc2)cc(Br)c1OCc1ccc(F)cc1. The number of anilines is 2. The molecule has 0 spiro atoms. The summed E-state index contributed by atoms with van der Waals surface area (Å²) in [6.07, 6.45) is 0. The summed E-state index contributed by atoms with van der Waals surface area (Å²) in [4.78, 5) is 2.33. The number of ether oxygens (including phenoxy) is 3. The van der Waals surface area contributed by atoms with Gasteiger partial charge in [0.05, 0.1) is 24.8 Å². The Hall–Kier alpha value is -2.77. The number of halogens is 2. The zero-order valence-electron chi connectivity index (χ0n) is 17.9. The highest BCUT2D eigenvalue weighted by Crippen LogP contribution is 2.37. The fourth-order valence-corrected chi connectivity index (χ4v) is 4.17. The van der Waals surface area contributed by atoms with E-state index >= 15 is 0 Å². The number of nitrogens with one attached hydrogen (secondary N) is 1. The topological polar surface area (TPSA) is 43.0 Å². The third-order valence-electron chi connectivity index (χ3n) is 5.33. The Labute approximate surface area is 196 Å². The highest BCUT2D eigenvalue weighted by molar-refractivity contribution is 9.10. The summed E-state index contributed by atoms with van der Waals surface area (Å²) in [7, 11) is 1.62. The lowest BCUT2D eigenvalue weighted by Crippen LogP contribution is -2.36. The number of morpholine rings is 1. The number of benzene rings is 3. The first kappa shape index (κ1) is 22.4. The monoisotopic (exact) mass is 500 g/mol. The fraction of sp³-hybridized carbons (Fsp3) is 0.280. The van der Waals surface area contributed by atoms with Crippen LogP contribution in [0, 0.1) is 5.82 Å². The van der Waals surface area contributed by atoms with E-state index in [4.69, 9.17) is 14.2 Å². The van der Waals surface area contributed by atoms with Gasteiger partial charge in [-0.1, -0.05) is 12.1 Å². The van der Waals surface area contributed by atoms with Crippen LogP contribution in [0.1, 0.15) is 11.1 Å². The maximum atomic E-state index is 13.1. The van der Waals surface area contributed by atoms with E-state index < -0.39 is 0 Å². The molecule has 0 aromatic heterocycles. The van der Waals surface area contributed by atoms with Gasteiger partial charge in [0, 0.05) is 31.0 Å².